The molecule has 0 bridgehead atoms. The van der Waals surface area contributed by atoms with Crippen molar-refractivity contribution in [1.82, 2.24) is 14.7 Å². The van der Waals surface area contributed by atoms with Crippen molar-refractivity contribution >= 4 is 11.9 Å². The van der Waals surface area contributed by atoms with Crippen molar-refractivity contribution < 1.29 is 19.4 Å². The average Bonchev–Trinajstić information content (AvgIpc) is 2.69. The van der Waals surface area contributed by atoms with Crippen LogP contribution in [0.1, 0.15) is 18.4 Å². The van der Waals surface area contributed by atoms with Gasteiger partial charge in [-0.3, -0.25) is 19.4 Å². The van der Waals surface area contributed by atoms with Gasteiger partial charge in [-0.15, -0.1) is 0 Å². The molecule has 7 nitrogen and oxygen atoms in total. The third kappa shape index (κ3) is 5.43. The minimum atomic E-state index is -0.714. The predicted octanol–water partition coefficient (Wildman–Crippen LogP) is 1.14. The first-order valence-electron chi connectivity index (χ1n) is 9.63. The van der Waals surface area contributed by atoms with E-state index in [-0.39, 0.29) is 11.8 Å². The van der Waals surface area contributed by atoms with Crippen LogP contribution in [0, 0.1) is 5.92 Å². The Morgan fingerprint density at radius 2 is 1.63 bits per heavy atom. The Morgan fingerprint density at radius 3 is 2.19 bits per heavy atom. The third-order valence-electron chi connectivity index (χ3n) is 5.59. The lowest BCUT2D eigenvalue weighted by atomic mass is 9.97. The number of amides is 1. The summed E-state index contributed by atoms with van der Waals surface area (Å²) in [5, 5.41) is 9.06. The minimum Gasteiger partial charge on any atom is -0.497 e. The Balaban J connectivity index is 1.39. The average molecular weight is 375 g/mol. The first-order valence-corrected chi connectivity index (χ1v) is 9.63. The van der Waals surface area contributed by atoms with E-state index in [2.05, 4.69) is 21.9 Å². The zero-order valence-electron chi connectivity index (χ0n) is 16.0. The number of carboxylic acids is 1. The summed E-state index contributed by atoms with van der Waals surface area (Å²) in [5.41, 5.74) is 1.25. The second-order valence-electron chi connectivity index (χ2n) is 7.39. The van der Waals surface area contributed by atoms with E-state index < -0.39 is 5.97 Å². The highest BCUT2D eigenvalue weighted by molar-refractivity contribution is 5.78. The number of aliphatic carboxylic acids is 1. The molecule has 2 aliphatic heterocycles. The molecule has 1 amide bonds. The lowest BCUT2D eigenvalue weighted by Gasteiger charge is -2.36. The van der Waals surface area contributed by atoms with Gasteiger partial charge >= 0.3 is 5.97 Å². The number of hydrogen-bond acceptors (Lipinski definition) is 5. The SMILES string of the molecule is COc1ccc(CN2CCN(C(=O)CN3CCC(C(=O)O)CC3)CC2)cc1. The molecule has 0 aromatic heterocycles. The van der Waals surface area contributed by atoms with Crippen LogP contribution in [0.4, 0.5) is 0 Å². The van der Waals surface area contributed by atoms with Gasteiger partial charge in [0.2, 0.25) is 5.91 Å². The lowest BCUT2D eigenvalue weighted by Crippen LogP contribution is -2.51. The highest BCUT2D eigenvalue weighted by atomic mass is 16.5. The van der Waals surface area contributed by atoms with Gasteiger partial charge in [-0.1, -0.05) is 12.1 Å². The second-order valence-corrected chi connectivity index (χ2v) is 7.39. The fraction of sp³-hybridized carbons (Fsp3) is 0.600. The number of piperazine rings is 1. The van der Waals surface area contributed by atoms with Gasteiger partial charge in [0.05, 0.1) is 19.6 Å². The Kier molecular flexibility index (Phi) is 6.68. The van der Waals surface area contributed by atoms with Crippen LogP contribution in [0.5, 0.6) is 5.75 Å². The van der Waals surface area contributed by atoms with Crippen LogP contribution in [-0.4, -0.2) is 84.6 Å². The molecule has 0 aliphatic carbocycles. The molecule has 2 aliphatic rings. The highest BCUT2D eigenvalue weighted by Gasteiger charge is 2.27. The molecule has 7 heteroatoms. The number of likely N-dealkylation sites (tertiary alicyclic amines) is 1. The molecule has 0 spiro atoms. The van der Waals surface area contributed by atoms with E-state index in [1.165, 1.54) is 5.56 Å². The maximum Gasteiger partial charge on any atom is 0.306 e. The van der Waals surface area contributed by atoms with Gasteiger partial charge in [0, 0.05) is 32.7 Å². The number of hydrogen-bond donors (Lipinski definition) is 1. The monoisotopic (exact) mass is 375 g/mol. The predicted molar refractivity (Wildman–Crippen MR) is 102 cm³/mol. The van der Waals surface area contributed by atoms with Crippen molar-refractivity contribution in [3.63, 3.8) is 0 Å². The lowest BCUT2D eigenvalue weighted by molar-refractivity contribution is -0.143. The highest BCUT2D eigenvalue weighted by Crippen LogP contribution is 2.18. The van der Waals surface area contributed by atoms with Crippen LogP contribution in [0.15, 0.2) is 24.3 Å². The van der Waals surface area contributed by atoms with Gasteiger partial charge in [0.1, 0.15) is 5.75 Å². The van der Waals surface area contributed by atoms with E-state index in [4.69, 9.17) is 9.84 Å². The van der Waals surface area contributed by atoms with Gasteiger partial charge in [-0.2, -0.15) is 0 Å². The first kappa shape index (κ1) is 19.6. The smallest absolute Gasteiger partial charge is 0.306 e. The largest absolute Gasteiger partial charge is 0.497 e. The third-order valence-corrected chi connectivity index (χ3v) is 5.59. The number of benzene rings is 1. The van der Waals surface area contributed by atoms with Crippen LogP contribution >= 0.6 is 0 Å². The Hall–Kier alpha value is -2.12. The van der Waals surface area contributed by atoms with Crippen LogP contribution in [-0.2, 0) is 16.1 Å². The zero-order valence-corrected chi connectivity index (χ0v) is 16.0. The molecule has 0 radical (unpaired) electrons. The summed E-state index contributed by atoms with van der Waals surface area (Å²) in [6, 6.07) is 8.11. The molecule has 1 N–H and O–H groups in total. The summed E-state index contributed by atoms with van der Waals surface area (Å²) in [5.74, 6) is 0.0567. The van der Waals surface area contributed by atoms with Crippen molar-refractivity contribution in [2.45, 2.75) is 19.4 Å². The van der Waals surface area contributed by atoms with Gasteiger partial charge in [-0.05, 0) is 43.6 Å². The van der Waals surface area contributed by atoms with Crippen LogP contribution in [0.2, 0.25) is 0 Å². The van der Waals surface area contributed by atoms with Gasteiger partial charge in [0.15, 0.2) is 0 Å². The standard InChI is InChI=1S/C20H29N3O4/c1-27-18-4-2-16(3-5-18)14-22-10-12-23(13-11-22)19(24)15-21-8-6-17(7-9-21)20(25)26/h2-5,17H,6-15H2,1H3,(H,25,26). The number of piperidine rings is 1. The van der Waals surface area contributed by atoms with E-state index in [0.717, 1.165) is 38.5 Å². The van der Waals surface area contributed by atoms with Crippen molar-refractivity contribution in [1.29, 1.82) is 0 Å². The number of nitrogens with zero attached hydrogens (tertiary/aromatic N) is 3. The molecule has 0 unspecified atom stereocenters. The first-order chi connectivity index (χ1) is 13.0. The summed E-state index contributed by atoms with van der Waals surface area (Å²) in [4.78, 5) is 30.0. The number of methoxy groups -OCH3 is 1. The van der Waals surface area contributed by atoms with Crippen LogP contribution in [0.3, 0.4) is 0 Å². The molecule has 2 saturated heterocycles. The van der Waals surface area contributed by atoms with E-state index in [1.54, 1.807) is 7.11 Å². The molecule has 148 valence electrons. The van der Waals surface area contributed by atoms with E-state index >= 15 is 0 Å². The fourth-order valence-electron chi connectivity index (χ4n) is 3.77. The van der Waals surface area contributed by atoms with Crippen molar-refractivity contribution in [2.24, 2.45) is 5.92 Å². The van der Waals surface area contributed by atoms with Gasteiger partial charge < -0.3 is 14.7 Å². The molecule has 0 atom stereocenters. The topological polar surface area (TPSA) is 73.3 Å². The molecular weight excluding hydrogens is 346 g/mol. The number of carbonyl (C=O) groups excluding carboxylic acids is 1. The van der Waals surface area contributed by atoms with Crippen molar-refractivity contribution in [2.75, 3.05) is 52.9 Å². The molecule has 0 saturated carbocycles. The Labute approximate surface area is 160 Å². The van der Waals surface area contributed by atoms with E-state index in [9.17, 15) is 9.59 Å². The summed E-state index contributed by atoms with van der Waals surface area (Å²) in [6.07, 6.45) is 1.27. The Morgan fingerprint density at radius 1 is 1.00 bits per heavy atom. The zero-order chi connectivity index (χ0) is 19.2. The Bertz CT molecular complexity index is 633. The molecule has 3 rings (SSSR count). The number of carboxylic acid groups (broad SMARTS) is 1. The number of rotatable bonds is 6. The summed E-state index contributed by atoms with van der Waals surface area (Å²) >= 11 is 0. The maximum atomic E-state index is 12.6. The quantitative estimate of drug-likeness (QED) is 0.804. The van der Waals surface area contributed by atoms with Crippen LogP contribution < -0.4 is 4.74 Å². The molecular formula is C20H29N3O4. The number of ether oxygens (including phenoxy) is 1. The van der Waals surface area contributed by atoms with Crippen LogP contribution in [0.25, 0.3) is 0 Å². The van der Waals surface area contributed by atoms with Crippen molar-refractivity contribution in [3.8, 4) is 5.75 Å². The molecule has 1 aromatic rings. The summed E-state index contributed by atoms with van der Waals surface area (Å²) in [7, 11) is 1.67. The molecule has 27 heavy (non-hydrogen) atoms. The fourth-order valence-corrected chi connectivity index (χ4v) is 3.77. The van der Waals surface area contributed by atoms with Crippen molar-refractivity contribution in [3.05, 3.63) is 29.8 Å². The molecule has 2 fully saturated rings. The molecule has 2 heterocycles. The summed E-state index contributed by atoms with van der Waals surface area (Å²) in [6.45, 7) is 5.93. The number of carbonyl (C=O) groups is 2. The van der Waals surface area contributed by atoms with Gasteiger partial charge in [-0.25, -0.2) is 0 Å². The maximum absolute atomic E-state index is 12.6. The summed E-state index contributed by atoms with van der Waals surface area (Å²) < 4.78 is 5.19. The van der Waals surface area contributed by atoms with E-state index in [1.807, 2.05) is 17.0 Å². The molecule has 1 aromatic carbocycles. The minimum absolute atomic E-state index is 0.160. The second kappa shape index (κ2) is 9.19. The normalized spacial score (nSPS) is 19.8. The van der Waals surface area contributed by atoms with Gasteiger partial charge in [0.25, 0.3) is 0 Å². The van der Waals surface area contributed by atoms with E-state index in [0.29, 0.717) is 32.5 Å².